The van der Waals surface area contributed by atoms with Crippen LogP contribution in [-0.4, -0.2) is 26.8 Å². The number of halogens is 3. The number of rotatable bonds is 2. The van der Waals surface area contributed by atoms with Gasteiger partial charge in [-0.3, -0.25) is 4.57 Å². The Morgan fingerprint density at radius 2 is 1.96 bits per heavy atom. The fourth-order valence-electron chi connectivity index (χ4n) is 2.74. The van der Waals surface area contributed by atoms with Gasteiger partial charge < -0.3 is 10.6 Å². The molecule has 134 valence electrons. The number of nitrogens with one attached hydrogen (secondary N) is 3. The number of hydrogen-bond donors (Lipinski definition) is 3. The zero-order chi connectivity index (χ0) is 18.0. The summed E-state index contributed by atoms with van der Waals surface area (Å²) in [4.78, 5) is 23.6. The number of aromatic amines is 1. The third-order valence-corrected chi connectivity index (χ3v) is 4.06. The highest BCUT2D eigenvalue weighted by molar-refractivity contribution is 5.89. The first kappa shape index (κ1) is 17.1. The summed E-state index contributed by atoms with van der Waals surface area (Å²) in [5, 5.41) is 11.6. The van der Waals surface area contributed by atoms with Gasteiger partial charge in [-0.15, -0.1) is 0 Å². The van der Waals surface area contributed by atoms with Crippen molar-refractivity contribution in [2.24, 2.45) is 0 Å². The highest BCUT2D eigenvalue weighted by atomic mass is 19.4. The lowest BCUT2D eigenvalue weighted by atomic mass is 10.1. The molecule has 3 N–H and O–H groups in total. The summed E-state index contributed by atoms with van der Waals surface area (Å²) in [6.45, 7) is 0.440. The molecule has 2 heterocycles. The number of carbonyl (C=O) groups excluding carboxylic acids is 1. The lowest BCUT2D eigenvalue weighted by molar-refractivity contribution is -0.137. The van der Waals surface area contributed by atoms with Gasteiger partial charge in [-0.25, -0.2) is 14.7 Å². The summed E-state index contributed by atoms with van der Waals surface area (Å²) in [5.74, 6) is 0.650. The minimum absolute atomic E-state index is 0.157. The maximum Gasteiger partial charge on any atom is 0.416 e. The van der Waals surface area contributed by atoms with Crippen molar-refractivity contribution in [1.82, 2.24) is 20.1 Å². The van der Waals surface area contributed by atoms with Gasteiger partial charge in [0.25, 0.3) is 0 Å². The van der Waals surface area contributed by atoms with Crippen LogP contribution in [0.2, 0.25) is 0 Å². The monoisotopic (exact) mass is 355 g/mol. The van der Waals surface area contributed by atoms with E-state index in [0.29, 0.717) is 31.6 Å². The molecule has 0 aliphatic carbocycles. The van der Waals surface area contributed by atoms with Gasteiger partial charge in [0.1, 0.15) is 5.82 Å². The largest absolute Gasteiger partial charge is 0.416 e. The molecule has 10 heteroatoms. The Kier molecular flexibility index (Phi) is 4.51. The Bertz CT molecular complexity index is 810. The Morgan fingerprint density at radius 1 is 1.24 bits per heavy atom. The average Bonchev–Trinajstić information content (AvgIpc) is 2.77. The molecule has 0 saturated heterocycles. The van der Waals surface area contributed by atoms with Crippen molar-refractivity contribution < 1.29 is 18.0 Å². The molecule has 25 heavy (non-hydrogen) atoms. The van der Waals surface area contributed by atoms with Crippen LogP contribution in [-0.2, 0) is 19.1 Å². The van der Waals surface area contributed by atoms with Crippen LogP contribution in [0.15, 0.2) is 29.1 Å². The molecule has 2 amide bonds. The number of aryl methyl sites for hydroxylation is 1. The fraction of sp³-hybridized carbons (Fsp3) is 0.400. The van der Waals surface area contributed by atoms with Gasteiger partial charge in [0.15, 0.2) is 0 Å². The van der Waals surface area contributed by atoms with Gasteiger partial charge in [0.05, 0.1) is 5.56 Å². The van der Waals surface area contributed by atoms with Crippen molar-refractivity contribution >= 4 is 11.7 Å². The van der Waals surface area contributed by atoms with E-state index >= 15 is 0 Å². The minimum atomic E-state index is -4.41. The predicted molar refractivity (Wildman–Crippen MR) is 83.2 cm³/mol. The highest BCUT2D eigenvalue weighted by Gasteiger charge is 2.30. The van der Waals surface area contributed by atoms with Gasteiger partial charge >= 0.3 is 17.9 Å². The lowest BCUT2D eigenvalue weighted by Gasteiger charge is -2.16. The smallest absolute Gasteiger partial charge is 0.335 e. The maximum absolute atomic E-state index is 12.5. The second kappa shape index (κ2) is 6.61. The van der Waals surface area contributed by atoms with Crippen LogP contribution in [0.1, 0.15) is 24.2 Å². The quantitative estimate of drug-likeness (QED) is 0.770. The molecule has 1 aromatic carbocycles. The van der Waals surface area contributed by atoms with Crippen molar-refractivity contribution in [3.8, 4) is 0 Å². The van der Waals surface area contributed by atoms with Gasteiger partial charge in [-0.1, -0.05) is 0 Å². The molecule has 0 fully saturated rings. The zero-order valence-electron chi connectivity index (χ0n) is 13.1. The first-order chi connectivity index (χ1) is 11.8. The van der Waals surface area contributed by atoms with E-state index in [-0.39, 0.29) is 17.4 Å². The molecule has 0 radical (unpaired) electrons. The number of anilines is 1. The van der Waals surface area contributed by atoms with Crippen LogP contribution in [0, 0.1) is 0 Å². The summed E-state index contributed by atoms with van der Waals surface area (Å²) in [5.41, 5.74) is -0.782. The van der Waals surface area contributed by atoms with Crippen molar-refractivity contribution in [2.75, 3.05) is 5.32 Å². The predicted octanol–water partition coefficient (Wildman–Crippen LogP) is 2.12. The molecule has 1 aliphatic rings. The molecular formula is C15H16F3N5O2. The SMILES string of the molecule is O=C(Nc1ccc(C(F)(F)F)cc1)NC1CCc2n[nH]c(=O)n2CC1. The van der Waals surface area contributed by atoms with Crippen LogP contribution in [0.25, 0.3) is 0 Å². The first-order valence-corrected chi connectivity index (χ1v) is 7.72. The number of H-pyrrole nitrogens is 1. The molecule has 7 nitrogen and oxygen atoms in total. The van der Waals surface area contributed by atoms with E-state index in [0.717, 1.165) is 12.1 Å². The van der Waals surface area contributed by atoms with Crippen molar-refractivity contribution in [3.05, 3.63) is 46.1 Å². The third-order valence-electron chi connectivity index (χ3n) is 4.06. The average molecular weight is 355 g/mol. The molecule has 0 bridgehead atoms. The van der Waals surface area contributed by atoms with E-state index in [2.05, 4.69) is 20.8 Å². The number of urea groups is 1. The summed E-state index contributed by atoms with van der Waals surface area (Å²) in [6.07, 6.45) is -2.69. The van der Waals surface area contributed by atoms with E-state index in [1.54, 1.807) is 0 Å². The van der Waals surface area contributed by atoms with E-state index in [1.807, 2.05) is 0 Å². The van der Waals surface area contributed by atoms with Gasteiger partial charge in [-0.05, 0) is 37.1 Å². The van der Waals surface area contributed by atoms with Crippen molar-refractivity contribution in [1.29, 1.82) is 0 Å². The highest BCUT2D eigenvalue weighted by Crippen LogP contribution is 2.29. The zero-order valence-corrected chi connectivity index (χ0v) is 13.1. The Hall–Kier alpha value is -2.78. The molecule has 2 aromatic rings. The van der Waals surface area contributed by atoms with E-state index in [4.69, 9.17) is 0 Å². The van der Waals surface area contributed by atoms with Gasteiger partial charge in [0.2, 0.25) is 0 Å². The molecular weight excluding hydrogens is 339 g/mol. The summed E-state index contributed by atoms with van der Waals surface area (Å²) in [6, 6.07) is 3.56. The van der Waals surface area contributed by atoms with Crippen LogP contribution in [0.5, 0.6) is 0 Å². The number of carbonyl (C=O) groups is 1. The molecule has 0 spiro atoms. The standard InChI is InChI=1S/C15H16F3N5O2/c16-15(17,18)9-1-3-10(4-2-9)19-13(24)20-11-5-6-12-21-22-14(25)23(12)8-7-11/h1-4,11H,5-8H2,(H,22,25)(H2,19,20,24). The Balaban J connectivity index is 1.55. The van der Waals surface area contributed by atoms with E-state index < -0.39 is 17.8 Å². The lowest BCUT2D eigenvalue weighted by Crippen LogP contribution is -2.38. The fourth-order valence-corrected chi connectivity index (χ4v) is 2.74. The molecule has 3 rings (SSSR count). The van der Waals surface area contributed by atoms with Gasteiger partial charge in [-0.2, -0.15) is 18.3 Å². The molecule has 1 aromatic heterocycles. The van der Waals surface area contributed by atoms with Gasteiger partial charge in [0, 0.05) is 24.7 Å². The summed E-state index contributed by atoms with van der Waals surface area (Å²) >= 11 is 0. The van der Waals surface area contributed by atoms with E-state index in [9.17, 15) is 22.8 Å². The Labute approximate surface area is 140 Å². The number of hydrogen-bond acceptors (Lipinski definition) is 3. The van der Waals surface area contributed by atoms with Crippen LogP contribution < -0.4 is 16.3 Å². The van der Waals surface area contributed by atoms with Crippen LogP contribution >= 0.6 is 0 Å². The molecule has 1 atom stereocenters. The number of fused-ring (bicyclic) bond motifs is 1. The van der Waals surface area contributed by atoms with Crippen LogP contribution in [0.4, 0.5) is 23.7 Å². The van der Waals surface area contributed by atoms with Crippen LogP contribution in [0.3, 0.4) is 0 Å². The third kappa shape index (κ3) is 4.01. The molecule has 1 aliphatic heterocycles. The van der Waals surface area contributed by atoms with Crippen molar-refractivity contribution in [2.45, 2.75) is 38.0 Å². The normalized spacial score (nSPS) is 17.5. The summed E-state index contributed by atoms with van der Waals surface area (Å²) < 4.78 is 39.1. The second-order valence-electron chi connectivity index (χ2n) is 5.79. The summed E-state index contributed by atoms with van der Waals surface area (Å²) in [7, 11) is 0. The maximum atomic E-state index is 12.5. The minimum Gasteiger partial charge on any atom is -0.335 e. The number of amides is 2. The van der Waals surface area contributed by atoms with Crippen molar-refractivity contribution in [3.63, 3.8) is 0 Å². The Morgan fingerprint density at radius 3 is 2.64 bits per heavy atom. The second-order valence-corrected chi connectivity index (χ2v) is 5.79. The first-order valence-electron chi connectivity index (χ1n) is 7.72. The van der Waals surface area contributed by atoms with E-state index in [1.165, 1.54) is 16.7 Å². The molecule has 1 unspecified atom stereocenters. The number of aromatic nitrogens is 3. The number of nitrogens with zero attached hydrogens (tertiary/aromatic N) is 2. The number of alkyl halides is 3. The molecule has 0 saturated carbocycles. The number of benzene rings is 1. The topological polar surface area (TPSA) is 91.8 Å².